The highest BCUT2D eigenvalue weighted by Gasteiger charge is 2.29. The molecule has 1 aromatic carbocycles. The highest BCUT2D eigenvalue weighted by molar-refractivity contribution is 6.46. The van der Waals surface area contributed by atoms with E-state index < -0.39 is 0 Å². The summed E-state index contributed by atoms with van der Waals surface area (Å²) in [5.74, 6) is 0.798. The van der Waals surface area contributed by atoms with Crippen LogP contribution in [-0.2, 0) is 0 Å². The number of nitrogens with zero attached hydrogens (tertiary/aromatic N) is 2. The van der Waals surface area contributed by atoms with Crippen LogP contribution in [0.15, 0.2) is 46.1 Å². The quantitative estimate of drug-likeness (QED) is 0.680. The molecule has 2 aliphatic heterocycles. The molecule has 1 atom stereocenters. The van der Waals surface area contributed by atoms with Gasteiger partial charge >= 0.3 is 0 Å². The number of fused-ring (bicyclic) bond motifs is 3. The van der Waals surface area contributed by atoms with Crippen molar-refractivity contribution in [1.29, 1.82) is 0 Å². The van der Waals surface area contributed by atoms with E-state index in [1.807, 2.05) is 31.2 Å². The maximum Gasteiger partial charge on any atom is 0.120 e. The molecule has 2 heterocycles. The van der Waals surface area contributed by atoms with E-state index in [1.165, 1.54) is 5.56 Å². The van der Waals surface area contributed by atoms with Crippen molar-refractivity contribution in [3.8, 4) is 0 Å². The number of allylic oxidation sites excluding steroid dienone is 1. The standard InChI is InChI=1S/C12H11N3/c1-7-12-9(6-11(13)14-7)8-4-2-3-5-10(8)15-12/h2-6,9H,13H2,1H3. The average molecular weight is 197 g/mol. The monoisotopic (exact) mass is 197 g/mol. The summed E-state index contributed by atoms with van der Waals surface area (Å²) in [4.78, 5) is 8.81. The molecule has 0 aromatic heterocycles. The van der Waals surface area contributed by atoms with Gasteiger partial charge in [0.15, 0.2) is 0 Å². The van der Waals surface area contributed by atoms with E-state index in [-0.39, 0.29) is 5.92 Å². The molecule has 3 rings (SSSR count). The Kier molecular flexibility index (Phi) is 1.57. The Balaban J connectivity index is 2.21. The van der Waals surface area contributed by atoms with Crippen LogP contribution in [0, 0.1) is 0 Å². The minimum Gasteiger partial charge on any atom is -0.384 e. The minimum atomic E-state index is 0.207. The lowest BCUT2D eigenvalue weighted by atomic mass is 9.92. The van der Waals surface area contributed by atoms with Crippen molar-refractivity contribution in [3.63, 3.8) is 0 Å². The summed E-state index contributed by atoms with van der Waals surface area (Å²) in [7, 11) is 0. The van der Waals surface area contributed by atoms with E-state index in [1.54, 1.807) is 0 Å². The molecular formula is C12H11N3. The molecule has 3 heteroatoms. The number of para-hydroxylation sites is 1. The molecule has 0 bridgehead atoms. The Morgan fingerprint density at radius 2 is 2.00 bits per heavy atom. The maximum absolute atomic E-state index is 5.76. The molecule has 1 aromatic rings. The molecule has 0 aliphatic carbocycles. The number of rotatable bonds is 0. The fourth-order valence-corrected chi connectivity index (χ4v) is 2.13. The molecule has 74 valence electrons. The van der Waals surface area contributed by atoms with Crippen LogP contribution in [-0.4, -0.2) is 11.4 Å². The first-order valence-corrected chi connectivity index (χ1v) is 4.96. The van der Waals surface area contributed by atoms with Crippen LogP contribution in [0.3, 0.4) is 0 Å². The molecule has 2 aliphatic rings. The molecule has 3 nitrogen and oxygen atoms in total. The first kappa shape index (κ1) is 8.41. The van der Waals surface area contributed by atoms with Crippen molar-refractivity contribution in [3.05, 3.63) is 41.7 Å². The zero-order valence-corrected chi connectivity index (χ0v) is 8.44. The lowest BCUT2D eigenvalue weighted by Crippen LogP contribution is -2.21. The molecule has 0 saturated heterocycles. The molecule has 0 saturated carbocycles. The van der Waals surface area contributed by atoms with E-state index in [0.717, 1.165) is 17.1 Å². The lowest BCUT2D eigenvalue weighted by Gasteiger charge is -2.15. The highest BCUT2D eigenvalue weighted by Crippen LogP contribution is 2.38. The molecule has 1 unspecified atom stereocenters. The second-order valence-electron chi connectivity index (χ2n) is 3.82. The fraction of sp³-hybridized carbons (Fsp3) is 0.167. The van der Waals surface area contributed by atoms with Crippen molar-refractivity contribution in [1.82, 2.24) is 0 Å². The van der Waals surface area contributed by atoms with Gasteiger partial charge in [-0.15, -0.1) is 0 Å². The number of hydrogen-bond acceptors (Lipinski definition) is 3. The number of aliphatic imine (C=N–C) groups is 2. The number of nitrogens with two attached hydrogens (primary N) is 1. The summed E-state index contributed by atoms with van der Waals surface area (Å²) < 4.78 is 0. The SMILES string of the molecule is CC1=NC(N)=CC2C1=Nc1ccccc12. The zero-order valence-electron chi connectivity index (χ0n) is 8.44. The van der Waals surface area contributed by atoms with Gasteiger partial charge in [0.1, 0.15) is 5.82 Å². The summed E-state index contributed by atoms with van der Waals surface area (Å²) in [5.41, 5.74) is 9.98. The molecule has 0 spiro atoms. The van der Waals surface area contributed by atoms with E-state index in [0.29, 0.717) is 5.82 Å². The first-order chi connectivity index (χ1) is 7.25. The van der Waals surface area contributed by atoms with Crippen molar-refractivity contribution in [2.24, 2.45) is 15.7 Å². The Morgan fingerprint density at radius 1 is 1.20 bits per heavy atom. The highest BCUT2D eigenvalue weighted by atomic mass is 14.9. The van der Waals surface area contributed by atoms with Crippen LogP contribution in [0.2, 0.25) is 0 Å². The minimum absolute atomic E-state index is 0.207. The van der Waals surface area contributed by atoms with Gasteiger partial charge in [0, 0.05) is 0 Å². The van der Waals surface area contributed by atoms with Gasteiger partial charge in [-0.25, -0.2) is 4.99 Å². The Bertz CT molecular complexity index is 523. The molecule has 15 heavy (non-hydrogen) atoms. The van der Waals surface area contributed by atoms with Gasteiger partial charge in [-0.2, -0.15) is 0 Å². The molecule has 0 radical (unpaired) electrons. The lowest BCUT2D eigenvalue weighted by molar-refractivity contribution is 1.09. The second-order valence-corrected chi connectivity index (χ2v) is 3.82. The third kappa shape index (κ3) is 1.13. The van der Waals surface area contributed by atoms with E-state index >= 15 is 0 Å². The van der Waals surface area contributed by atoms with Gasteiger partial charge in [0.25, 0.3) is 0 Å². The van der Waals surface area contributed by atoms with E-state index in [4.69, 9.17) is 5.73 Å². The van der Waals surface area contributed by atoms with Crippen LogP contribution >= 0.6 is 0 Å². The first-order valence-electron chi connectivity index (χ1n) is 4.96. The summed E-state index contributed by atoms with van der Waals surface area (Å²) in [6, 6.07) is 8.15. The smallest absolute Gasteiger partial charge is 0.120 e. The van der Waals surface area contributed by atoms with Gasteiger partial charge in [-0.05, 0) is 24.6 Å². The summed E-state index contributed by atoms with van der Waals surface area (Å²) in [6.07, 6.45) is 1.97. The van der Waals surface area contributed by atoms with Crippen LogP contribution in [0.4, 0.5) is 5.69 Å². The van der Waals surface area contributed by atoms with Crippen molar-refractivity contribution >= 4 is 17.1 Å². The normalized spacial score (nSPS) is 22.5. The third-order valence-corrected chi connectivity index (χ3v) is 2.81. The van der Waals surface area contributed by atoms with Crippen LogP contribution in [0.1, 0.15) is 18.4 Å². The van der Waals surface area contributed by atoms with Gasteiger partial charge < -0.3 is 5.73 Å². The average Bonchev–Trinajstić information content (AvgIpc) is 2.57. The predicted octanol–water partition coefficient (Wildman–Crippen LogP) is 2.13. The van der Waals surface area contributed by atoms with Gasteiger partial charge in [0.2, 0.25) is 0 Å². The summed E-state index contributed by atoms with van der Waals surface area (Å²) in [6.45, 7) is 1.96. The Labute approximate surface area is 88.1 Å². The third-order valence-electron chi connectivity index (χ3n) is 2.81. The molecule has 0 fully saturated rings. The van der Waals surface area contributed by atoms with Crippen LogP contribution in [0.25, 0.3) is 0 Å². The van der Waals surface area contributed by atoms with E-state index in [9.17, 15) is 0 Å². The largest absolute Gasteiger partial charge is 0.384 e. The molecule has 2 N–H and O–H groups in total. The van der Waals surface area contributed by atoms with Crippen molar-refractivity contribution in [2.75, 3.05) is 0 Å². The Hall–Kier alpha value is -1.90. The Morgan fingerprint density at radius 3 is 2.87 bits per heavy atom. The fourth-order valence-electron chi connectivity index (χ4n) is 2.13. The van der Waals surface area contributed by atoms with Crippen LogP contribution in [0.5, 0.6) is 0 Å². The molecule has 0 amide bonds. The van der Waals surface area contributed by atoms with Crippen molar-refractivity contribution < 1.29 is 0 Å². The zero-order chi connectivity index (χ0) is 10.4. The second kappa shape index (κ2) is 2.79. The number of hydrogen-bond donors (Lipinski definition) is 1. The van der Waals surface area contributed by atoms with Gasteiger partial charge in [-0.3, -0.25) is 4.99 Å². The van der Waals surface area contributed by atoms with Crippen LogP contribution < -0.4 is 5.73 Å². The number of benzene rings is 1. The topological polar surface area (TPSA) is 50.7 Å². The van der Waals surface area contributed by atoms with Gasteiger partial charge in [-0.1, -0.05) is 18.2 Å². The predicted molar refractivity (Wildman–Crippen MR) is 61.7 cm³/mol. The molecular weight excluding hydrogens is 186 g/mol. The summed E-state index contributed by atoms with van der Waals surface area (Å²) in [5, 5.41) is 0. The maximum atomic E-state index is 5.76. The van der Waals surface area contributed by atoms with Gasteiger partial charge in [0.05, 0.1) is 23.0 Å². The van der Waals surface area contributed by atoms with E-state index in [2.05, 4.69) is 16.1 Å². The summed E-state index contributed by atoms with van der Waals surface area (Å²) >= 11 is 0. The van der Waals surface area contributed by atoms with Crippen molar-refractivity contribution in [2.45, 2.75) is 12.8 Å².